The topological polar surface area (TPSA) is 119 Å². The third kappa shape index (κ3) is 7.10. The fraction of sp³-hybridized carbons (Fsp3) is 0.632. The standard InChI is InChI=1S/C19H32NO7PS/c1-8-19(6,18(21)22)20-28(23,12-26-29(7,24)25)27-17-15(13(2)3)10-9-11-16(17)14(4)5/h9-11,13-14H,8,12H2,1-7H3,(H,20,23)(H,21,22). The van der Waals surface area contributed by atoms with Crippen LogP contribution in [-0.2, 0) is 23.7 Å². The summed E-state index contributed by atoms with van der Waals surface area (Å²) in [5.41, 5.74) is -0.0292. The number of carboxylic acids is 1. The third-order valence-corrected chi connectivity index (χ3v) is 7.09. The minimum atomic E-state index is -4.10. The molecule has 1 aromatic carbocycles. The molecule has 0 aromatic heterocycles. The van der Waals surface area contributed by atoms with E-state index in [1.54, 1.807) is 6.92 Å². The van der Waals surface area contributed by atoms with Gasteiger partial charge in [0.05, 0.1) is 6.26 Å². The zero-order valence-corrected chi connectivity index (χ0v) is 19.8. The summed E-state index contributed by atoms with van der Waals surface area (Å²) in [6.45, 7) is 10.8. The van der Waals surface area contributed by atoms with Crippen molar-refractivity contribution >= 4 is 23.6 Å². The molecule has 1 rings (SSSR count). The van der Waals surface area contributed by atoms with Crippen LogP contribution < -0.4 is 9.61 Å². The maximum absolute atomic E-state index is 13.7. The Balaban J connectivity index is 3.53. The van der Waals surface area contributed by atoms with Gasteiger partial charge in [-0.15, -0.1) is 0 Å². The highest BCUT2D eigenvalue weighted by atomic mass is 32.2. The number of rotatable bonds is 11. The molecule has 0 fully saturated rings. The van der Waals surface area contributed by atoms with Crippen molar-refractivity contribution < 1.29 is 31.6 Å². The molecule has 0 saturated carbocycles. The first-order chi connectivity index (χ1) is 13.1. The highest BCUT2D eigenvalue weighted by Gasteiger charge is 2.41. The number of hydrogen-bond acceptors (Lipinski definition) is 6. The van der Waals surface area contributed by atoms with E-state index in [2.05, 4.69) is 5.09 Å². The van der Waals surface area contributed by atoms with Crippen LogP contribution in [0.15, 0.2) is 18.2 Å². The molecule has 10 heteroatoms. The van der Waals surface area contributed by atoms with Crippen molar-refractivity contribution in [3.63, 3.8) is 0 Å². The van der Waals surface area contributed by atoms with Gasteiger partial charge in [0.1, 0.15) is 11.3 Å². The van der Waals surface area contributed by atoms with Gasteiger partial charge < -0.3 is 9.63 Å². The Labute approximate surface area is 173 Å². The second-order valence-corrected chi connectivity index (χ2v) is 11.5. The van der Waals surface area contributed by atoms with Crippen molar-refractivity contribution in [2.45, 2.75) is 65.3 Å². The Hall–Kier alpha value is -1.41. The second kappa shape index (κ2) is 9.60. The van der Waals surface area contributed by atoms with Gasteiger partial charge >= 0.3 is 13.5 Å². The number of para-hydroxylation sites is 1. The van der Waals surface area contributed by atoms with E-state index >= 15 is 0 Å². The number of aliphatic carboxylic acids is 1. The molecule has 2 unspecified atom stereocenters. The summed E-state index contributed by atoms with van der Waals surface area (Å²) in [7, 11) is -8.02. The largest absolute Gasteiger partial charge is 0.480 e. The summed E-state index contributed by atoms with van der Waals surface area (Å²) in [5, 5.41) is 12.1. The van der Waals surface area contributed by atoms with Crippen LogP contribution >= 0.6 is 7.52 Å². The average molecular weight is 450 g/mol. The maximum Gasteiger partial charge on any atom is 0.344 e. The first-order valence-corrected chi connectivity index (χ1v) is 13.1. The van der Waals surface area contributed by atoms with Crippen LogP contribution in [0.25, 0.3) is 0 Å². The van der Waals surface area contributed by atoms with Gasteiger partial charge in [-0.3, -0.25) is 13.5 Å². The summed E-state index contributed by atoms with van der Waals surface area (Å²) < 4.78 is 47.4. The first-order valence-electron chi connectivity index (χ1n) is 9.43. The molecule has 0 radical (unpaired) electrons. The molecular formula is C19H32NO7PS. The van der Waals surface area contributed by atoms with Crippen LogP contribution in [0.3, 0.4) is 0 Å². The quantitative estimate of drug-likeness (QED) is 0.379. The Morgan fingerprint density at radius 2 is 1.69 bits per heavy atom. The van der Waals surface area contributed by atoms with Gasteiger partial charge in [0.2, 0.25) is 0 Å². The van der Waals surface area contributed by atoms with Crippen LogP contribution in [-0.4, -0.2) is 37.6 Å². The van der Waals surface area contributed by atoms with Crippen LogP contribution in [0.1, 0.15) is 70.9 Å². The molecule has 0 heterocycles. The van der Waals surface area contributed by atoms with E-state index in [-0.39, 0.29) is 18.3 Å². The van der Waals surface area contributed by atoms with Crippen LogP contribution in [0.5, 0.6) is 5.75 Å². The number of benzene rings is 1. The Morgan fingerprint density at radius 1 is 1.21 bits per heavy atom. The molecule has 1 aromatic rings. The molecule has 2 atom stereocenters. The molecule has 8 nitrogen and oxygen atoms in total. The van der Waals surface area contributed by atoms with Gasteiger partial charge in [-0.2, -0.15) is 8.42 Å². The maximum atomic E-state index is 13.7. The summed E-state index contributed by atoms with van der Waals surface area (Å²) in [6.07, 6.45) is 0.102. The minimum absolute atomic E-state index is 0.0324. The molecule has 166 valence electrons. The minimum Gasteiger partial charge on any atom is -0.480 e. The third-order valence-electron chi connectivity index (χ3n) is 4.59. The summed E-state index contributed by atoms with van der Waals surface area (Å²) in [4.78, 5) is 11.7. The first kappa shape index (κ1) is 25.6. The molecule has 0 aliphatic rings. The van der Waals surface area contributed by atoms with Crippen molar-refractivity contribution in [3.8, 4) is 5.75 Å². The normalized spacial score (nSPS) is 16.4. The van der Waals surface area contributed by atoms with Crippen molar-refractivity contribution in [1.82, 2.24) is 5.09 Å². The SMILES string of the molecule is CCC(C)(NP(=O)(COS(C)(=O)=O)Oc1c(C(C)C)cccc1C(C)C)C(=O)O. The second-order valence-electron chi connectivity index (χ2n) is 7.89. The lowest BCUT2D eigenvalue weighted by Crippen LogP contribution is -2.48. The molecule has 0 saturated heterocycles. The molecule has 2 N–H and O–H groups in total. The Morgan fingerprint density at radius 3 is 2.03 bits per heavy atom. The molecule has 0 bridgehead atoms. The molecule has 29 heavy (non-hydrogen) atoms. The predicted octanol–water partition coefficient (Wildman–Crippen LogP) is 4.28. The molecule has 0 aliphatic carbocycles. The lowest BCUT2D eigenvalue weighted by atomic mass is 9.94. The summed E-state index contributed by atoms with van der Waals surface area (Å²) >= 11 is 0. The van der Waals surface area contributed by atoms with Gasteiger partial charge in [0.15, 0.2) is 6.35 Å². The molecule has 0 aliphatic heterocycles. The van der Waals surface area contributed by atoms with Gasteiger partial charge in [0, 0.05) is 0 Å². The smallest absolute Gasteiger partial charge is 0.344 e. The van der Waals surface area contributed by atoms with Crippen molar-refractivity contribution in [2.75, 3.05) is 12.6 Å². The van der Waals surface area contributed by atoms with Crippen molar-refractivity contribution in [2.24, 2.45) is 0 Å². The zero-order chi connectivity index (χ0) is 22.6. The Kier molecular flexibility index (Phi) is 8.48. The van der Waals surface area contributed by atoms with Crippen LogP contribution in [0.2, 0.25) is 0 Å². The van der Waals surface area contributed by atoms with Gasteiger partial charge in [0.25, 0.3) is 10.1 Å². The summed E-state index contributed by atoms with van der Waals surface area (Å²) in [6, 6.07) is 5.55. The van der Waals surface area contributed by atoms with E-state index in [0.717, 1.165) is 17.4 Å². The zero-order valence-electron chi connectivity index (χ0n) is 18.1. The fourth-order valence-corrected chi connectivity index (χ4v) is 5.63. The highest BCUT2D eigenvalue weighted by Crippen LogP contribution is 2.49. The van der Waals surface area contributed by atoms with Crippen molar-refractivity contribution in [1.29, 1.82) is 0 Å². The molecule has 0 spiro atoms. The highest BCUT2D eigenvalue weighted by molar-refractivity contribution is 7.86. The van der Waals surface area contributed by atoms with Crippen LogP contribution in [0.4, 0.5) is 0 Å². The van der Waals surface area contributed by atoms with E-state index in [0.29, 0.717) is 5.75 Å². The number of carboxylic acid groups (broad SMARTS) is 1. The average Bonchev–Trinajstić information content (AvgIpc) is 2.59. The Bertz CT molecular complexity index is 856. The molecular weight excluding hydrogens is 417 g/mol. The van der Waals surface area contributed by atoms with E-state index in [1.807, 2.05) is 45.9 Å². The van der Waals surface area contributed by atoms with E-state index in [1.165, 1.54) is 6.92 Å². The number of nitrogens with one attached hydrogen (secondary N) is 1. The lowest BCUT2D eigenvalue weighted by molar-refractivity contribution is -0.143. The van der Waals surface area contributed by atoms with Gasteiger partial charge in [-0.25, -0.2) is 5.09 Å². The van der Waals surface area contributed by atoms with Crippen molar-refractivity contribution in [3.05, 3.63) is 29.3 Å². The van der Waals surface area contributed by atoms with E-state index in [4.69, 9.17) is 8.71 Å². The molecule has 0 amide bonds. The van der Waals surface area contributed by atoms with Crippen LogP contribution in [0, 0.1) is 0 Å². The predicted molar refractivity (Wildman–Crippen MR) is 113 cm³/mol. The van der Waals surface area contributed by atoms with E-state index < -0.39 is 35.5 Å². The monoisotopic (exact) mass is 449 g/mol. The van der Waals surface area contributed by atoms with E-state index in [9.17, 15) is 22.9 Å². The number of hydrogen-bond donors (Lipinski definition) is 2. The summed E-state index contributed by atoms with van der Waals surface area (Å²) in [5.74, 6) is -0.811. The lowest BCUT2D eigenvalue weighted by Gasteiger charge is -2.32. The fourth-order valence-electron chi connectivity index (χ4n) is 2.64. The number of carbonyl (C=O) groups is 1. The van der Waals surface area contributed by atoms with Gasteiger partial charge in [-0.05, 0) is 36.3 Å². The van der Waals surface area contributed by atoms with Gasteiger partial charge in [-0.1, -0.05) is 52.8 Å².